The Morgan fingerprint density at radius 1 is 0.759 bits per heavy atom. The molecule has 0 saturated carbocycles. The number of rotatable bonds is 12. The Hall–Kier alpha value is -2.93. The Bertz CT molecular complexity index is 818. The van der Waals surface area contributed by atoms with Crippen molar-refractivity contribution in [2.45, 2.75) is 49.1 Å². The van der Waals surface area contributed by atoms with Crippen molar-refractivity contribution in [1.82, 2.24) is 0 Å². The van der Waals surface area contributed by atoms with Gasteiger partial charge in [-0.15, -0.1) is 0 Å². The van der Waals surface area contributed by atoms with Crippen LogP contribution < -0.4 is 9.47 Å². The Kier molecular flexibility index (Phi) is 8.15. The molecule has 0 amide bonds. The predicted octanol–water partition coefficient (Wildman–Crippen LogP) is 5.07. The fourth-order valence-corrected chi connectivity index (χ4v) is 3.72. The van der Waals surface area contributed by atoms with Crippen molar-refractivity contribution < 1.29 is 27.4 Å². The van der Waals surface area contributed by atoms with E-state index in [4.69, 9.17) is 18.9 Å². The highest BCUT2D eigenvalue weighted by atomic mass is 32.2. The largest absolute Gasteiger partial charge is 0.463 e. The fraction of sp³-hybridized carbons (Fsp3) is 0.273. The summed E-state index contributed by atoms with van der Waals surface area (Å²) in [5, 5.41) is 0. The highest BCUT2D eigenvalue weighted by Crippen LogP contribution is 2.26. The molecule has 0 aliphatic carbocycles. The number of sulfone groups is 1. The van der Waals surface area contributed by atoms with Gasteiger partial charge in [0, 0.05) is 12.8 Å². The average molecular weight is 419 g/mol. The fourth-order valence-electron chi connectivity index (χ4n) is 2.46. The minimum atomic E-state index is -3.67. The quantitative estimate of drug-likeness (QED) is 0.354. The van der Waals surface area contributed by atoms with Crippen LogP contribution in [0.4, 0.5) is 0 Å². The van der Waals surface area contributed by atoms with Gasteiger partial charge in [-0.3, -0.25) is 0 Å². The van der Waals surface area contributed by atoms with E-state index in [1.165, 1.54) is 36.8 Å². The smallest absolute Gasteiger partial charge is 0.239 e. The van der Waals surface area contributed by atoms with Crippen LogP contribution in [0.1, 0.15) is 26.7 Å². The Morgan fingerprint density at radius 3 is 1.38 bits per heavy atom. The van der Waals surface area contributed by atoms with Crippen molar-refractivity contribution >= 4 is 9.84 Å². The van der Waals surface area contributed by atoms with Crippen LogP contribution in [-0.2, 0) is 19.3 Å². The van der Waals surface area contributed by atoms with Gasteiger partial charge in [0.2, 0.25) is 22.4 Å². The van der Waals surface area contributed by atoms with Crippen LogP contribution in [0.25, 0.3) is 0 Å². The van der Waals surface area contributed by atoms with Gasteiger partial charge in [0.05, 0.1) is 22.3 Å². The first-order valence-electron chi connectivity index (χ1n) is 9.25. The molecule has 0 aliphatic heterocycles. The van der Waals surface area contributed by atoms with Crippen LogP contribution in [0.5, 0.6) is 11.5 Å². The van der Waals surface area contributed by atoms with Crippen LogP contribution in [0.3, 0.4) is 0 Å². The average Bonchev–Trinajstić information content (AvgIpc) is 2.74. The molecule has 0 aromatic heterocycles. The molecule has 0 heterocycles. The van der Waals surface area contributed by atoms with E-state index in [1.54, 1.807) is 24.3 Å². The van der Waals surface area contributed by atoms with E-state index in [2.05, 4.69) is 13.2 Å². The molecule has 7 heteroatoms. The van der Waals surface area contributed by atoms with Gasteiger partial charge in [0.25, 0.3) is 0 Å². The lowest BCUT2D eigenvalue weighted by Crippen LogP contribution is -2.16. The summed E-state index contributed by atoms with van der Waals surface area (Å²) in [5.74, 6) is 1.02. The van der Waals surface area contributed by atoms with E-state index in [9.17, 15) is 8.42 Å². The topological polar surface area (TPSA) is 71.1 Å². The second-order valence-corrected chi connectivity index (χ2v) is 7.91. The van der Waals surface area contributed by atoms with Crippen LogP contribution in [-0.4, -0.2) is 21.0 Å². The minimum Gasteiger partial charge on any atom is -0.463 e. The molecule has 0 fully saturated rings. The highest BCUT2D eigenvalue weighted by Gasteiger charge is 2.18. The second kappa shape index (κ2) is 10.6. The van der Waals surface area contributed by atoms with Crippen molar-refractivity contribution in [2.24, 2.45) is 0 Å². The lowest BCUT2D eigenvalue weighted by atomic mass is 10.3. The lowest BCUT2D eigenvalue weighted by molar-refractivity contribution is -0.0312. The highest BCUT2D eigenvalue weighted by molar-refractivity contribution is 7.91. The molecule has 2 aromatic carbocycles. The van der Waals surface area contributed by atoms with E-state index in [0.29, 0.717) is 24.3 Å². The molecule has 0 aliphatic rings. The molecule has 156 valence electrons. The summed E-state index contributed by atoms with van der Waals surface area (Å²) < 4.78 is 47.4. The first kappa shape index (κ1) is 22.4. The summed E-state index contributed by atoms with van der Waals surface area (Å²) in [6.45, 7) is 10.8. The summed E-state index contributed by atoms with van der Waals surface area (Å²) in [4.78, 5) is 0.329. The molecule has 0 bridgehead atoms. The molecule has 0 N–H and O–H groups in total. The maximum Gasteiger partial charge on any atom is 0.239 e. The summed E-state index contributed by atoms with van der Waals surface area (Å²) in [6, 6.07) is 12.4. The first-order valence-corrected chi connectivity index (χ1v) is 10.7. The maximum absolute atomic E-state index is 12.9. The van der Waals surface area contributed by atoms with Crippen molar-refractivity contribution in [3.05, 3.63) is 74.2 Å². The Balaban J connectivity index is 2.13. The predicted molar refractivity (Wildman–Crippen MR) is 110 cm³/mol. The summed E-state index contributed by atoms with van der Waals surface area (Å²) in [6.07, 6.45) is 2.92. The molecule has 2 rings (SSSR count). The van der Waals surface area contributed by atoms with Gasteiger partial charge in [-0.1, -0.05) is 27.0 Å². The van der Waals surface area contributed by atoms with Gasteiger partial charge in [0.15, 0.2) is 0 Å². The van der Waals surface area contributed by atoms with Crippen molar-refractivity contribution in [2.75, 3.05) is 0 Å². The van der Waals surface area contributed by atoms with Crippen molar-refractivity contribution in [1.29, 1.82) is 0 Å². The van der Waals surface area contributed by atoms with Gasteiger partial charge in [-0.05, 0) is 48.5 Å². The number of hydrogen-bond donors (Lipinski definition) is 0. The van der Waals surface area contributed by atoms with E-state index in [-0.39, 0.29) is 9.79 Å². The van der Waals surface area contributed by atoms with E-state index in [1.807, 2.05) is 13.8 Å². The zero-order valence-corrected chi connectivity index (χ0v) is 17.4. The van der Waals surface area contributed by atoms with Crippen LogP contribution in [0.15, 0.2) is 84.0 Å². The second-order valence-electron chi connectivity index (χ2n) is 5.96. The molecule has 6 nitrogen and oxygen atoms in total. The molecular formula is C22H26O6S. The Morgan fingerprint density at radius 2 is 1.10 bits per heavy atom. The molecule has 0 radical (unpaired) electrons. The van der Waals surface area contributed by atoms with Crippen molar-refractivity contribution in [3.8, 4) is 11.5 Å². The Labute approximate surface area is 172 Å². The monoisotopic (exact) mass is 418 g/mol. The SMILES string of the molecule is C=COC(CC)Oc1ccc(S(=O)(=O)c2ccc(OC(CC)OC=C)cc2)cc1. The standard InChI is InChI=1S/C22H26O6S/c1-5-21(25-7-3)27-17-9-13-19(14-10-17)29(23,24)20-15-11-18(12-16-20)28-22(6-2)26-8-4/h7-16,21-22H,3-6H2,1-2H3. The zero-order chi connectivity index (χ0) is 21.3. The molecule has 0 saturated heterocycles. The van der Waals surface area contributed by atoms with Gasteiger partial charge < -0.3 is 18.9 Å². The van der Waals surface area contributed by atoms with Crippen LogP contribution in [0, 0.1) is 0 Å². The summed E-state index contributed by atoms with van der Waals surface area (Å²) in [7, 11) is -3.67. The molecule has 29 heavy (non-hydrogen) atoms. The zero-order valence-electron chi connectivity index (χ0n) is 16.6. The lowest BCUT2D eigenvalue weighted by Gasteiger charge is -2.17. The van der Waals surface area contributed by atoms with Crippen molar-refractivity contribution in [3.63, 3.8) is 0 Å². The van der Waals surface area contributed by atoms with Gasteiger partial charge >= 0.3 is 0 Å². The van der Waals surface area contributed by atoms with Gasteiger partial charge in [0.1, 0.15) is 11.5 Å². The van der Waals surface area contributed by atoms with Gasteiger partial charge in [-0.2, -0.15) is 0 Å². The van der Waals surface area contributed by atoms with E-state index >= 15 is 0 Å². The van der Waals surface area contributed by atoms with E-state index < -0.39 is 22.4 Å². The first-order chi connectivity index (χ1) is 13.9. The maximum atomic E-state index is 12.9. The molecule has 0 spiro atoms. The number of benzene rings is 2. The van der Waals surface area contributed by atoms with Crippen LogP contribution in [0.2, 0.25) is 0 Å². The third kappa shape index (κ3) is 6.02. The number of ether oxygens (including phenoxy) is 4. The molecular weight excluding hydrogens is 392 g/mol. The summed E-state index contributed by atoms with van der Waals surface area (Å²) in [5.41, 5.74) is 0. The third-order valence-electron chi connectivity index (χ3n) is 3.97. The summed E-state index contributed by atoms with van der Waals surface area (Å²) >= 11 is 0. The molecule has 2 unspecified atom stereocenters. The third-order valence-corrected chi connectivity index (χ3v) is 5.75. The normalized spacial score (nSPS) is 13.0. The van der Waals surface area contributed by atoms with Crippen LogP contribution >= 0.6 is 0 Å². The molecule has 2 atom stereocenters. The molecule has 2 aromatic rings. The minimum absolute atomic E-state index is 0.164. The van der Waals surface area contributed by atoms with E-state index in [0.717, 1.165) is 0 Å². The van der Waals surface area contributed by atoms with Gasteiger partial charge in [-0.25, -0.2) is 8.42 Å². The number of hydrogen-bond acceptors (Lipinski definition) is 6.